The fourth-order valence-electron chi connectivity index (χ4n) is 3.11. The van der Waals surface area contributed by atoms with Gasteiger partial charge in [0.1, 0.15) is 0 Å². The molecule has 0 unspecified atom stereocenters. The first-order valence-corrected chi connectivity index (χ1v) is 7.16. The predicted octanol–water partition coefficient (Wildman–Crippen LogP) is 2.12. The van der Waals surface area contributed by atoms with Crippen molar-refractivity contribution in [3.63, 3.8) is 0 Å². The van der Waals surface area contributed by atoms with Gasteiger partial charge >= 0.3 is 5.97 Å². The summed E-state index contributed by atoms with van der Waals surface area (Å²) in [6.45, 7) is 3.25. The second-order valence-electron chi connectivity index (χ2n) is 5.95. The smallest absolute Gasteiger partial charge is 0.311 e. The Kier molecular flexibility index (Phi) is 3.97. The van der Waals surface area contributed by atoms with Crippen LogP contribution >= 0.6 is 0 Å². The van der Waals surface area contributed by atoms with Crippen molar-refractivity contribution in [3.8, 4) is 0 Å². The zero-order valence-corrected chi connectivity index (χ0v) is 12.1. The highest BCUT2D eigenvalue weighted by molar-refractivity contribution is 6.18. The molecule has 1 saturated carbocycles. The maximum atomic E-state index is 12.1. The Labute approximate surface area is 118 Å². The Morgan fingerprint density at radius 2 is 1.50 bits per heavy atom. The van der Waals surface area contributed by atoms with E-state index >= 15 is 0 Å². The van der Waals surface area contributed by atoms with E-state index in [2.05, 4.69) is 0 Å². The summed E-state index contributed by atoms with van der Waals surface area (Å²) >= 11 is 0. The molecule has 1 fully saturated rings. The zero-order valence-electron chi connectivity index (χ0n) is 12.1. The van der Waals surface area contributed by atoms with Crippen molar-refractivity contribution < 1.29 is 19.5 Å². The van der Waals surface area contributed by atoms with Gasteiger partial charge in [0, 0.05) is 17.7 Å². The number of aliphatic carboxylic acids is 1. The van der Waals surface area contributed by atoms with Crippen molar-refractivity contribution in [2.75, 3.05) is 6.54 Å². The molecule has 2 rings (SSSR count). The molecule has 1 aliphatic carbocycles. The van der Waals surface area contributed by atoms with Gasteiger partial charge in [-0.1, -0.05) is 25.7 Å². The lowest BCUT2D eigenvalue weighted by Crippen LogP contribution is -2.46. The van der Waals surface area contributed by atoms with Crippen LogP contribution in [-0.2, 0) is 14.4 Å². The first kappa shape index (κ1) is 14.8. The molecule has 0 spiro atoms. The van der Waals surface area contributed by atoms with Crippen molar-refractivity contribution >= 4 is 17.8 Å². The largest absolute Gasteiger partial charge is 0.481 e. The van der Waals surface area contributed by atoms with E-state index in [0.29, 0.717) is 24.0 Å². The minimum atomic E-state index is -0.966. The lowest BCUT2D eigenvalue weighted by molar-refractivity contribution is -0.153. The van der Waals surface area contributed by atoms with Gasteiger partial charge in [0.25, 0.3) is 11.8 Å². The summed E-state index contributed by atoms with van der Waals surface area (Å²) < 4.78 is 0. The molecular formula is C15H21NO4. The van der Waals surface area contributed by atoms with Crippen LogP contribution in [0.2, 0.25) is 0 Å². The molecule has 1 aliphatic heterocycles. The third kappa shape index (κ3) is 2.37. The Morgan fingerprint density at radius 3 is 1.90 bits per heavy atom. The molecule has 5 nitrogen and oxygen atoms in total. The summed E-state index contributed by atoms with van der Waals surface area (Å²) in [4.78, 5) is 37.1. The predicted molar refractivity (Wildman–Crippen MR) is 72.9 cm³/mol. The fourth-order valence-corrected chi connectivity index (χ4v) is 3.11. The SMILES string of the molecule is CC1=C(C)C(=O)N(CC2(C(=O)O)CCCCCC2)C1=O. The number of rotatable bonds is 3. The number of carboxylic acids is 1. The highest BCUT2D eigenvalue weighted by atomic mass is 16.4. The van der Waals surface area contributed by atoms with Crippen molar-refractivity contribution in [1.82, 2.24) is 4.90 Å². The second kappa shape index (κ2) is 5.38. The molecule has 2 amide bonds. The van der Waals surface area contributed by atoms with Crippen LogP contribution in [0, 0.1) is 5.41 Å². The van der Waals surface area contributed by atoms with Gasteiger partial charge in [-0.3, -0.25) is 19.3 Å². The summed E-state index contributed by atoms with van der Waals surface area (Å²) in [5.74, 6) is -1.56. The van der Waals surface area contributed by atoms with Gasteiger partial charge in [-0.2, -0.15) is 0 Å². The first-order chi connectivity index (χ1) is 9.39. The van der Waals surface area contributed by atoms with Crippen molar-refractivity contribution in [1.29, 1.82) is 0 Å². The lowest BCUT2D eigenvalue weighted by atomic mass is 9.80. The number of carboxylic acid groups (broad SMARTS) is 1. The van der Waals surface area contributed by atoms with Crippen LogP contribution in [0.25, 0.3) is 0 Å². The molecule has 0 radical (unpaired) electrons. The fraction of sp³-hybridized carbons (Fsp3) is 0.667. The van der Waals surface area contributed by atoms with Crippen LogP contribution in [0.5, 0.6) is 0 Å². The van der Waals surface area contributed by atoms with E-state index in [1.54, 1.807) is 13.8 Å². The molecule has 1 N–H and O–H groups in total. The molecule has 0 aromatic rings. The van der Waals surface area contributed by atoms with Crippen molar-refractivity contribution in [2.24, 2.45) is 5.41 Å². The maximum Gasteiger partial charge on any atom is 0.311 e. The highest BCUT2D eigenvalue weighted by Gasteiger charge is 2.45. The second-order valence-corrected chi connectivity index (χ2v) is 5.95. The van der Waals surface area contributed by atoms with E-state index < -0.39 is 11.4 Å². The van der Waals surface area contributed by atoms with Crippen molar-refractivity contribution in [3.05, 3.63) is 11.1 Å². The van der Waals surface area contributed by atoms with Gasteiger partial charge in [0.15, 0.2) is 0 Å². The van der Waals surface area contributed by atoms with Gasteiger partial charge in [-0.05, 0) is 26.7 Å². The minimum Gasteiger partial charge on any atom is -0.481 e. The van der Waals surface area contributed by atoms with Crippen molar-refractivity contribution in [2.45, 2.75) is 52.4 Å². The number of carbonyl (C=O) groups is 3. The minimum absolute atomic E-state index is 0.00861. The normalized spacial score (nSPS) is 23.2. The van der Waals surface area contributed by atoms with Crippen LogP contribution in [0.4, 0.5) is 0 Å². The first-order valence-electron chi connectivity index (χ1n) is 7.16. The summed E-state index contributed by atoms with van der Waals surface area (Å²) in [6.07, 6.45) is 4.80. The van der Waals surface area contributed by atoms with Gasteiger partial charge in [0.05, 0.1) is 5.41 Å². The zero-order chi connectivity index (χ0) is 14.9. The third-order valence-corrected chi connectivity index (χ3v) is 4.67. The van der Waals surface area contributed by atoms with E-state index in [0.717, 1.165) is 30.6 Å². The maximum absolute atomic E-state index is 12.1. The Balaban J connectivity index is 2.24. The molecule has 0 atom stereocenters. The number of hydrogen-bond donors (Lipinski definition) is 1. The average molecular weight is 279 g/mol. The van der Waals surface area contributed by atoms with Crippen LogP contribution in [0.3, 0.4) is 0 Å². The number of amides is 2. The van der Waals surface area contributed by atoms with Crippen LogP contribution < -0.4 is 0 Å². The molecular weight excluding hydrogens is 258 g/mol. The topological polar surface area (TPSA) is 74.7 Å². The van der Waals surface area contributed by atoms with Gasteiger partial charge < -0.3 is 5.11 Å². The summed E-state index contributed by atoms with van der Waals surface area (Å²) in [6, 6.07) is 0. The standard InChI is InChI=1S/C15H21NO4/c1-10-11(2)13(18)16(12(10)17)9-15(14(19)20)7-5-3-4-6-8-15/h3-9H2,1-2H3,(H,19,20). The quantitative estimate of drug-likeness (QED) is 0.634. The molecule has 5 heteroatoms. The number of hydrogen-bond acceptors (Lipinski definition) is 3. The Bertz CT molecular complexity index is 460. The highest BCUT2D eigenvalue weighted by Crippen LogP contribution is 2.37. The molecule has 0 bridgehead atoms. The van der Waals surface area contributed by atoms with Gasteiger partial charge in [-0.25, -0.2) is 0 Å². The Hall–Kier alpha value is -1.65. The number of imide groups is 1. The van der Waals surface area contributed by atoms with E-state index in [1.807, 2.05) is 0 Å². The molecule has 2 aliphatic rings. The van der Waals surface area contributed by atoms with Gasteiger partial charge in [-0.15, -0.1) is 0 Å². The van der Waals surface area contributed by atoms with Gasteiger partial charge in [0.2, 0.25) is 0 Å². The monoisotopic (exact) mass is 279 g/mol. The van der Waals surface area contributed by atoms with Crippen LogP contribution in [0.1, 0.15) is 52.4 Å². The Morgan fingerprint density at radius 1 is 1.05 bits per heavy atom. The summed E-state index contributed by atoms with van der Waals surface area (Å²) in [7, 11) is 0. The number of carbonyl (C=O) groups excluding carboxylic acids is 2. The van der Waals surface area contributed by atoms with Crippen LogP contribution in [-0.4, -0.2) is 34.3 Å². The molecule has 0 aromatic carbocycles. The van der Waals surface area contributed by atoms with Crippen LogP contribution in [0.15, 0.2) is 11.1 Å². The summed E-state index contributed by atoms with van der Waals surface area (Å²) in [5.41, 5.74) is -0.0967. The average Bonchev–Trinajstić information content (AvgIpc) is 2.64. The molecule has 0 saturated heterocycles. The third-order valence-electron chi connectivity index (χ3n) is 4.67. The van der Waals surface area contributed by atoms with E-state index in [4.69, 9.17) is 0 Å². The molecule has 110 valence electrons. The lowest BCUT2D eigenvalue weighted by Gasteiger charge is -2.31. The number of nitrogens with zero attached hydrogens (tertiary/aromatic N) is 1. The molecule has 20 heavy (non-hydrogen) atoms. The van der Waals surface area contributed by atoms with E-state index in [9.17, 15) is 19.5 Å². The summed E-state index contributed by atoms with van der Waals surface area (Å²) in [5, 5.41) is 9.62. The van der Waals surface area contributed by atoms with E-state index in [-0.39, 0.29) is 18.4 Å². The molecule has 1 heterocycles. The molecule has 0 aromatic heterocycles. The van der Waals surface area contributed by atoms with E-state index in [1.165, 1.54) is 0 Å².